The predicted molar refractivity (Wildman–Crippen MR) is 107 cm³/mol. The number of nitrogens with one attached hydrogen (secondary N) is 1. The number of para-hydroxylation sites is 1. The number of benzene rings is 2. The summed E-state index contributed by atoms with van der Waals surface area (Å²) in [6.07, 6.45) is 3.84. The Labute approximate surface area is 164 Å². The average molecular weight is 380 g/mol. The van der Waals surface area contributed by atoms with Crippen LogP contribution in [-0.4, -0.2) is 32.6 Å². The monoisotopic (exact) mass is 380 g/mol. The van der Waals surface area contributed by atoms with Crippen molar-refractivity contribution in [3.05, 3.63) is 47.5 Å². The van der Waals surface area contributed by atoms with Crippen molar-refractivity contribution in [1.29, 1.82) is 0 Å². The van der Waals surface area contributed by atoms with Gasteiger partial charge in [0.1, 0.15) is 0 Å². The van der Waals surface area contributed by atoms with Crippen LogP contribution in [0.5, 0.6) is 11.5 Å². The maximum Gasteiger partial charge on any atom is 0.259 e. The summed E-state index contributed by atoms with van der Waals surface area (Å²) in [5.74, 6) is 1.08. The highest BCUT2D eigenvalue weighted by molar-refractivity contribution is 6.07. The number of carbonyl (C=O) groups excluding carboxylic acids is 2. The van der Waals surface area contributed by atoms with Crippen molar-refractivity contribution in [3.8, 4) is 11.5 Å². The number of rotatable bonds is 5. The van der Waals surface area contributed by atoms with Crippen molar-refractivity contribution in [2.24, 2.45) is 5.92 Å². The van der Waals surface area contributed by atoms with Crippen LogP contribution in [0.15, 0.2) is 36.4 Å². The maximum atomic E-state index is 12.8. The zero-order valence-corrected chi connectivity index (χ0v) is 16.2. The van der Waals surface area contributed by atoms with Gasteiger partial charge in [-0.15, -0.1) is 0 Å². The molecule has 1 saturated carbocycles. The molecule has 0 saturated heterocycles. The van der Waals surface area contributed by atoms with E-state index in [9.17, 15) is 9.59 Å². The number of ether oxygens (including phenoxy) is 2. The molecule has 2 aromatic rings. The standard InChI is InChI=1S/C22H24N2O4/c1-27-19-7-3-6-17(20(19)28-2)21(25)23-16-10-11-18-15(13-16)5-4-12-24(18)22(26)14-8-9-14/h3,6-7,10-11,13-14H,4-5,8-9,12H2,1-2H3,(H,23,25). The molecular formula is C22H24N2O4. The lowest BCUT2D eigenvalue weighted by atomic mass is 10.00. The van der Waals surface area contributed by atoms with Gasteiger partial charge in [-0.25, -0.2) is 0 Å². The summed E-state index contributed by atoms with van der Waals surface area (Å²) in [5.41, 5.74) is 3.18. The Bertz CT molecular complexity index is 921. The summed E-state index contributed by atoms with van der Waals surface area (Å²) in [7, 11) is 3.05. The Balaban J connectivity index is 1.56. The summed E-state index contributed by atoms with van der Waals surface area (Å²) < 4.78 is 10.6. The molecule has 146 valence electrons. The molecule has 0 aromatic heterocycles. The van der Waals surface area contributed by atoms with E-state index in [1.807, 2.05) is 23.1 Å². The van der Waals surface area contributed by atoms with Gasteiger partial charge in [-0.3, -0.25) is 9.59 Å². The van der Waals surface area contributed by atoms with Crippen LogP contribution in [0, 0.1) is 5.92 Å². The first-order valence-corrected chi connectivity index (χ1v) is 9.59. The van der Waals surface area contributed by atoms with Crippen LogP contribution >= 0.6 is 0 Å². The van der Waals surface area contributed by atoms with Gasteiger partial charge < -0.3 is 19.7 Å². The van der Waals surface area contributed by atoms with Gasteiger partial charge in [0.25, 0.3) is 5.91 Å². The van der Waals surface area contributed by atoms with Gasteiger partial charge >= 0.3 is 0 Å². The Hall–Kier alpha value is -3.02. The molecule has 0 radical (unpaired) electrons. The summed E-state index contributed by atoms with van der Waals surface area (Å²) in [6, 6.07) is 11.0. The van der Waals surface area contributed by atoms with E-state index in [0.717, 1.165) is 43.5 Å². The Kier molecular flexibility index (Phi) is 4.94. The smallest absolute Gasteiger partial charge is 0.259 e. The van der Waals surface area contributed by atoms with Gasteiger partial charge in [0.2, 0.25) is 5.91 Å². The van der Waals surface area contributed by atoms with Crippen molar-refractivity contribution < 1.29 is 19.1 Å². The van der Waals surface area contributed by atoms with E-state index in [2.05, 4.69) is 5.32 Å². The summed E-state index contributed by atoms with van der Waals surface area (Å²) in [6.45, 7) is 0.773. The summed E-state index contributed by atoms with van der Waals surface area (Å²) in [5, 5.41) is 2.94. The topological polar surface area (TPSA) is 67.9 Å². The SMILES string of the molecule is COc1cccc(C(=O)Nc2ccc3c(c2)CCCN3C(=O)C2CC2)c1OC. The minimum atomic E-state index is -0.266. The van der Waals surface area contributed by atoms with E-state index >= 15 is 0 Å². The van der Waals surface area contributed by atoms with Crippen LogP contribution in [0.25, 0.3) is 0 Å². The maximum absolute atomic E-state index is 12.8. The van der Waals surface area contributed by atoms with Crippen molar-refractivity contribution in [3.63, 3.8) is 0 Å². The second kappa shape index (κ2) is 7.54. The normalized spacial score (nSPS) is 15.6. The van der Waals surface area contributed by atoms with Crippen LogP contribution in [0.4, 0.5) is 11.4 Å². The fourth-order valence-corrected chi connectivity index (χ4v) is 3.72. The van der Waals surface area contributed by atoms with Gasteiger partial charge in [0.05, 0.1) is 19.8 Å². The number of aryl methyl sites for hydroxylation is 1. The molecule has 0 unspecified atom stereocenters. The van der Waals surface area contributed by atoms with Crippen molar-refractivity contribution >= 4 is 23.2 Å². The van der Waals surface area contributed by atoms with E-state index in [1.165, 1.54) is 14.2 Å². The van der Waals surface area contributed by atoms with Crippen molar-refractivity contribution in [2.75, 3.05) is 31.0 Å². The Morgan fingerprint density at radius 3 is 2.64 bits per heavy atom. The lowest BCUT2D eigenvalue weighted by Crippen LogP contribution is -2.36. The van der Waals surface area contributed by atoms with Gasteiger partial charge in [-0.1, -0.05) is 6.07 Å². The fourth-order valence-electron chi connectivity index (χ4n) is 3.72. The molecule has 1 aliphatic heterocycles. The number of methoxy groups -OCH3 is 2. The first kappa shape index (κ1) is 18.3. The van der Waals surface area contributed by atoms with Gasteiger partial charge in [0, 0.05) is 23.8 Å². The quantitative estimate of drug-likeness (QED) is 0.860. The fraction of sp³-hybridized carbons (Fsp3) is 0.364. The Morgan fingerprint density at radius 1 is 1.11 bits per heavy atom. The third kappa shape index (κ3) is 3.42. The highest BCUT2D eigenvalue weighted by Gasteiger charge is 2.35. The number of hydrogen-bond acceptors (Lipinski definition) is 4. The minimum absolute atomic E-state index is 0.200. The highest BCUT2D eigenvalue weighted by Crippen LogP contribution is 2.37. The number of hydrogen-bond donors (Lipinski definition) is 1. The number of anilines is 2. The first-order valence-electron chi connectivity index (χ1n) is 9.59. The zero-order valence-electron chi connectivity index (χ0n) is 16.2. The van der Waals surface area contributed by atoms with Crippen LogP contribution in [0.1, 0.15) is 35.2 Å². The molecule has 0 bridgehead atoms. The van der Waals surface area contributed by atoms with E-state index in [-0.39, 0.29) is 17.7 Å². The first-order chi connectivity index (χ1) is 13.6. The summed E-state index contributed by atoms with van der Waals surface area (Å²) >= 11 is 0. The predicted octanol–water partition coefficient (Wildman–Crippen LogP) is 3.65. The molecular weight excluding hydrogens is 356 g/mol. The van der Waals surface area contributed by atoms with Crippen molar-refractivity contribution in [2.45, 2.75) is 25.7 Å². The number of carbonyl (C=O) groups is 2. The van der Waals surface area contributed by atoms with Gasteiger partial charge in [0.15, 0.2) is 11.5 Å². The van der Waals surface area contributed by atoms with E-state index in [1.54, 1.807) is 18.2 Å². The van der Waals surface area contributed by atoms with Crippen LogP contribution in [0.3, 0.4) is 0 Å². The van der Waals surface area contributed by atoms with Crippen LogP contribution in [0.2, 0.25) is 0 Å². The third-order valence-corrected chi connectivity index (χ3v) is 5.30. The van der Waals surface area contributed by atoms with Crippen LogP contribution < -0.4 is 19.7 Å². The molecule has 2 aromatic carbocycles. The molecule has 6 heteroatoms. The molecule has 0 spiro atoms. The average Bonchev–Trinajstić information content (AvgIpc) is 3.57. The minimum Gasteiger partial charge on any atom is -0.493 e. The highest BCUT2D eigenvalue weighted by atomic mass is 16.5. The molecule has 1 aliphatic carbocycles. The molecule has 1 N–H and O–H groups in total. The lowest BCUT2D eigenvalue weighted by molar-refractivity contribution is -0.119. The summed E-state index contributed by atoms with van der Waals surface area (Å²) in [4.78, 5) is 27.2. The molecule has 1 fully saturated rings. The third-order valence-electron chi connectivity index (χ3n) is 5.30. The molecule has 4 rings (SSSR count). The molecule has 1 heterocycles. The van der Waals surface area contributed by atoms with E-state index in [4.69, 9.17) is 9.47 Å². The second-order valence-electron chi connectivity index (χ2n) is 7.21. The Morgan fingerprint density at radius 2 is 1.93 bits per heavy atom. The number of amides is 2. The number of nitrogens with zero attached hydrogens (tertiary/aromatic N) is 1. The lowest BCUT2D eigenvalue weighted by Gasteiger charge is -2.30. The zero-order chi connectivity index (χ0) is 19.7. The van der Waals surface area contributed by atoms with Gasteiger partial charge in [-0.2, -0.15) is 0 Å². The van der Waals surface area contributed by atoms with Crippen molar-refractivity contribution in [1.82, 2.24) is 0 Å². The van der Waals surface area contributed by atoms with E-state index < -0.39 is 0 Å². The molecule has 28 heavy (non-hydrogen) atoms. The largest absolute Gasteiger partial charge is 0.493 e. The number of fused-ring (bicyclic) bond motifs is 1. The molecule has 2 aliphatic rings. The molecule has 6 nitrogen and oxygen atoms in total. The van der Waals surface area contributed by atoms with Crippen LogP contribution in [-0.2, 0) is 11.2 Å². The molecule has 2 amide bonds. The second-order valence-corrected chi connectivity index (χ2v) is 7.21. The van der Waals surface area contributed by atoms with E-state index in [0.29, 0.717) is 22.7 Å². The van der Waals surface area contributed by atoms with Gasteiger partial charge in [-0.05, 0) is 61.6 Å². The molecule has 0 atom stereocenters.